The zero-order valence-corrected chi connectivity index (χ0v) is 10.9. The van der Waals surface area contributed by atoms with Crippen LogP contribution >= 0.6 is 0 Å². The molecule has 20 heavy (non-hydrogen) atoms. The maximum Gasteiger partial charge on any atom is 0.332 e. The summed E-state index contributed by atoms with van der Waals surface area (Å²) in [5.41, 5.74) is -0.845. The van der Waals surface area contributed by atoms with Crippen molar-refractivity contribution in [1.29, 1.82) is 0 Å². The Morgan fingerprint density at radius 3 is 2.80 bits per heavy atom. The van der Waals surface area contributed by atoms with Crippen LogP contribution in [0.3, 0.4) is 0 Å². The van der Waals surface area contributed by atoms with Gasteiger partial charge in [0.15, 0.2) is 5.54 Å². The molecule has 1 aliphatic heterocycles. The number of halogens is 1. The molecule has 0 aromatic heterocycles. The number of aliphatic carboxylic acids is 1. The normalized spacial score (nSPS) is 21.5. The molecule has 0 spiro atoms. The fourth-order valence-electron chi connectivity index (χ4n) is 2.00. The molecule has 7 heteroatoms. The van der Waals surface area contributed by atoms with Crippen molar-refractivity contribution in [2.24, 2.45) is 0 Å². The number of carbonyl (C=O) groups excluding carboxylic acids is 1. The predicted molar refractivity (Wildman–Crippen MR) is 69.1 cm³/mol. The molecule has 1 heterocycles. The largest absolute Gasteiger partial charge is 0.479 e. The van der Waals surface area contributed by atoms with Gasteiger partial charge < -0.3 is 20.5 Å². The van der Waals surface area contributed by atoms with E-state index < -0.39 is 23.4 Å². The lowest BCUT2D eigenvalue weighted by Crippen LogP contribution is -2.56. The smallest absolute Gasteiger partial charge is 0.332 e. The number of benzene rings is 1. The number of amides is 2. The lowest BCUT2D eigenvalue weighted by atomic mass is 9.99. The van der Waals surface area contributed by atoms with Crippen LogP contribution < -0.4 is 10.6 Å². The zero-order chi connectivity index (χ0) is 14.8. The second kappa shape index (κ2) is 5.46. The first-order valence-corrected chi connectivity index (χ1v) is 6.10. The van der Waals surface area contributed by atoms with E-state index in [1.165, 1.54) is 25.1 Å². The molecule has 1 aromatic rings. The molecule has 2 rings (SSSR count). The van der Waals surface area contributed by atoms with Gasteiger partial charge in [-0.25, -0.2) is 14.0 Å². The van der Waals surface area contributed by atoms with Gasteiger partial charge in [0.1, 0.15) is 5.82 Å². The van der Waals surface area contributed by atoms with E-state index in [0.717, 1.165) is 0 Å². The van der Waals surface area contributed by atoms with Crippen molar-refractivity contribution in [2.45, 2.75) is 18.9 Å². The van der Waals surface area contributed by atoms with E-state index in [9.17, 15) is 19.1 Å². The van der Waals surface area contributed by atoms with Crippen LogP contribution in [0.4, 0.5) is 14.9 Å². The Morgan fingerprint density at radius 1 is 1.45 bits per heavy atom. The molecule has 0 bridgehead atoms. The first kappa shape index (κ1) is 14.3. The fraction of sp³-hybridized carbons (Fsp3) is 0.385. The minimum atomic E-state index is -1.43. The van der Waals surface area contributed by atoms with Crippen molar-refractivity contribution in [3.05, 3.63) is 29.6 Å². The third-order valence-corrected chi connectivity index (χ3v) is 3.30. The molecule has 6 nitrogen and oxygen atoms in total. The van der Waals surface area contributed by atoms with Gasteiger partial charge in [0.25, 0.3) is 0 Å². The number of hydrogen-bond donors (Lipinski definition) is 3. The molecule has 1 fully saturated rings. The summed E-state index contributed by atoms with van der Waals surface area (Å²) in [6, 6.07) is 3.58. The number of nitrogens with one attached hydrogen (secondary N) is 2. The highest BCUT2D eigenvalue weighted by Gasteiger charge is 2.44. The van der Waals surface area contributed by atoms with E-state index in [0.29, 0.717) is 5.69 Å². The number of hydrogen-bond acceptors (Lipinski definition) is 3. The maximum atomic E-state index is 13.4. The number of carboxylic acids is 1. The second-order valence-electron chi connectivity index (χ2n) is 4.68. The van der Waals surface area contributed by atoms with Crippen molar-refractivity contribution < 1.29 is 23.8 Å². The van der Waals surface area contributed by atoms with Crippen LogP contribution in [0.25, 0.3) is 0 Å². The van der Waals surface area contributed by atoms with Crippen molar-refractivity contribution in [3.8, 4) is 0 Å². The van der Waals surface area contributed by atoms with Gasteiger partial charge in [-0.3, -0.25) is 0 Å². The summed E-state index contributed by atoms with van der Waals surface area (Å²) >= 11 is 0. The van der Waals surface area contributed by atoms with Crippen LogP contribution in [0, 0.1) is 12.7 Å². The third kappa shape index (κ3) is 2.72. The molecule has 0 saturated carbocycles. The summed E-state index contributed by atoms with van der Waals surface area (Å²) in [4.78, 5) is 23.1. The lowest BCUT2D eigenvalue weighted by Gasteiger charge is -2.24. The number of rotatable bonds is 3. The van der Waals surface area contributed by atoms with Crippen molar-refractivity contribution in [1.82, 2.24) is 5.32 Å². The third-order valence-electron chi connectivity index (χ3n) is 3.30. The summed E-state index contributed by atoms with van der Waals surface area (Å²) in [5.74, 6) is -1.60. The molecular formula is C13H15FN2O4. The molecule has 1 atom stereocenters. The van der Waals surface area contributed by atoms with Crippen molar-refractivity contribution in [2.75, 3.05) is 18.5 Å². The van der Waals surface area contributed by atoms with Crippen molar-refractivity contribution in [3.63, 3.8) is 0 Å². The number of anilines is 1. The highest BCUT2D eigenvalue weighted by atomic mass is 19.1. The van der Waals surface area contributed by atoms with Gasteiger partial charge in [-0.15, -0.1) is 0 Å². The van der Waals surface area contributed by atoms with Gasteiger partial charge in [0.2, 0.25) is 0 Å². The Kier molecular flexibility index (Phi) is 3.89. The summed E-state index contributed by atoms with van der Waals surface area (Å²) in [6.07, 6.45) is 0.192. The standard InChI is InChI=1S/C13H15FN2O4/c1-8-9(14)3-2-4-10(8)15-12(19)16-13(11(17)18)5-6-20-7-13/h2-4H,5-7H2,1H3,(H,17,18)(H2,15,16,19). The highest BCUT2D eigenvalue weighted by Crippen LogP contribution is 2.21. The van der Waals surface area contributed by atoms with E-state index in [1.807, 2.05) is 0 Å². The first-order valence-electron chi connectivity index (χ1n) is 6.10. The molecule has 1 saturated heterocycles. The minimum Gasteiger partial charge on any atom is -0.479 e. The van der Waals surface area contributed by atoms with Gasteiger partial charge in [0, 0.05) is 24.3 Å². The Balaban J connectivity index is 2.09. The van der Waals surface area contributed by atoms with Gasteiger partial charge in [-0.05, 0) is 19.1 Å². The fourth-order valence-corrected chi connectivity index (χ4v) is 2.00. The van der Waals surface area contributed by atoms with Gasteiger partial charge in [-0.1, -0.05) is 6.07 Å². The van der Waals surface area contributed by atoms with E-state index in [1.54, 1.807) is 0 Å². The van der Waals surface area contributed by atoms with E-state index >= 15 is 0 Å². The summed E-state index contributed by atoms with van der Waals surface area (Å²) in [7, 11) is 0. The Hall–Kier alpha value is -2.15. The predicted octanol–water partition coefficient (Wildman–Crippen LogP) is 1.50. The molecule has 1 aromatic carbocycles. The average molecular weight is 282 g/mol. The van der Waals surface area contributed by atoms with Gasteiger partial charge in [-0.2, -0.15) is 0 Å². The average Bonchev–Trinajstić information content (AvgIpc) is 2.85. The van der Waals surface area contributed by atoms with Crippen LogP contribution in [-0.2, 0) is 9.53 Å². The van der Waals surface area contributed by atoms with Crippen LogP contribution in [-0.4, -0.2) is 35.9 Å². The van der Waals surface area contributed by atoms with E-state index in [-0.39, 0.29) is 25.2 Å². The van der Waals surface area contributed by atoms with Crippen LogP contribution in [0.2, 0.25) is 0 Å². The number of carbonyl (C=O) groups is 2. The van der Waals surface area contributed by atoms with Crippen LogP contribution in [0.5, 0.6) is 0 Å². The molecular weight excluding hydrogens is 267 g/mol. The monoisotopic (exact) mass is 282 g/mol. The summed E-state index contributed by atoms with van der Waals surface area (Å²) in [5, 5.41) is 14.0. The topological polar surface area (TPSA) is 87.7 Å². The zero-order valence-electron chi connectivity index (χ0n) is 10.9. The molecule has 1 aliphatic rings. The van der Waals surface area contributed by atoms with Gasteiger partial charge >= 0.3 is 12.0 Å². The lowest BCUT2D eigenvalue weighted by molar-refractivity contribution is -0.144. The molecule has 3 N–H and O–H groups in total. The van der Waals surface area contributed by atoms with Crippen LogP contribution in [0.15, 0.2) is 18.2 Å². The molecule has 1 unspecified atom stereocenters. The number of urea groups is 1. The summed E-state index contributed by atoms with van der Waals surface area (Å²) < 4.78 is 18.4. The molecule has 0 radical (unpaired) electrons. The quantitative estimate of drug-likeness (QED) is 0.784. The number of ether oxygens (including phenoxy) is 1. The molecule has 108 valence electrons. The number of carboxylic acid groups (broad SMARTS) is 1. The molecule has 0 aliphatic carbocycles. The van der Waals surface area contributed by atoms with E-state index in [4.69, 9.17) is 4.74 Å². The van der Waals surface area contributed by atoms with E-state index in [2.05, 4.69) is 10.6 Å². The highest BCUT2D eigenvalue weighted by molar-refractivity contribution is 5.94. The Bertz CT molecular complexity index is 541. The minimum absolute atomic E-state index is 0.0854. The SMILES string of the molecule is Cc1c(F)cccc1NC(=O)NC1(C(=O)O)CCOC1. The van der Waals surface area contributed by atoms with Crippen molar-refractivity contribution >= 4 is 17.7 Å². The Labute approximate surface area is 114 Å². The molecule has 2 amide bonds. The summed E-state index contributed by atoms with van der Waals surface area (Å²) in [6.45, 7) is 1.71. The van der Waals surface area contributed by atoms with Gasteiger partial charge in [0.05, 0.1) is 6.61 Å². The van der Waals surface area contributed by atoms with Crippen LogP contribution in [0.1, 0.15) is 12.0 Å². The second-order valence-corrected chi connectivity index (χ2v) is 4.68. The maximum absolute atomic E-state index is 13.4. The first-order chi connectivity index (χ1) is 9.44. The Morgan fingerprint density at radius 2 is 2.20 bits per heavy atom.